The fraction of sp³-hybridized carbons (Fsp3) is 0.0714. The molecule has 2 aromatic carbocycles. The molecule has 16 heavy (non-hydrogen) atoms. The van der Waals surface area contributed by atoms with E-state index in [1.165, 1.54) is 38.6 Å². The van der Waals surface area contributed by atoms with Crippen molar-refractivity contribution in [3.63, 3.8) is 0 Å². The van der Waals surface area contributed by atoms with Gasteiger partial charge in [0.25, 0.3) is 0 Å². The van der Waals surface area contributed by atoms with Gasteiger partial charge in [-0.05, 0) is 0 Å². The third-order valence-electron chi connectivity index (χ3n) is 2.42. The van der Waals surface area contributed by atoms with Crippen molar-refractivity contribution >= 4 is 14.8 Å². The van der Waals surface area contributed by atoms with Crippen LogP contribution in [0.3, 0.4) is 0 Å². The Hall–Kier alpha value is -0.517. The molecule has 0 aliphatic carbocycles. The van der Waals surface area contributed by atoms with E-state index in [0.717, 1.165) is 11.4 Å². The average Bonchev–Trinajstić information content (AvgIpc) is 2.33. The summed E-state index contributed by atoms with van der Waals surface area (Å²) >= 11 is 7.34. The maximum absolute atomic E-state index is 5.86. The van der Waals surface area contributed by atoms with Gasteiger partial charge >= 0.3 is 116 Å². The summed E-state index contributed by atoms with van der Waals surface area (Å²) in [6.07, 6.45) is 1.01. The summed E-state index contributed by atoms with van der Waals surface area (Å²) in [7, 11) is 0. The zero-order chi connectivity index (χ0) is 11.4. The van der Waals surface area contributed by atoms with Crippen molar-refractivity contribution in [2.24, 2.45) is 0 Å². The van der Waals surface area contributed by atoms with E-state index in [1.807, 2.05) is 12.1 Å². The van der Waals surface area contributed by atoms with Gasteiger partial charge in [0.1, 0.15) is 0 Å². The van der Waals surface area contributed by atoms with Crippen molar-refractivity contribution in [2.45, 2.75) is 6.42 Å². The van der Waals surface area contributed by atoms with Gasteiger partial charge in [0, 0.05) is 0 Å². The third kappa shape index (κ3) is 3.24. The van der Waals surface area contributed by atoms with Gasteiger partial charge in [-0.1, -0.05) is 0 Å². The molecule has 2 rings (SSSR count). The number of hydrogen-bond acceptors (Lipinski definition) is 0. The number of benzene rings is 2. The second-order valence-corrected chi connectivity index (χ2v) is 5.57. The van der Waals surface area contributed by atoms with Crippen molar-refractivity contribution in [2.75, 3.05) is 0 Å². The minimum atomic E-state index is 0.800. The molecular weight excluding hydrogens is 295 g/mol. The Morgan fingerprint density at radius 2 is 1.56 bits per heavy atom. The van der Waals surface area contributed by atoms with E-state index in [2.05, 4.69) is 42.5 Å². The second kappa shape index (κ2) is 5.70. The molecule has 0 saturated heterocycles. The van der Waals surface area contributed by atoms with Crippen molar-refractivity contribution in [1.29, 1.82) is 0 Å². The standard InChI is InChI=1S/C14H11Cl.Zr/c15-14-10-8-13(9-11-14)7-6-12-4-2-1-3-5-12;/h1-5,8-11H,7H2;/q;+2. The Morgan fingerprint density at radius 3 is 2.19 bits per heavy atom. The van der Waals surface area contributed by atoms with Crippen LogP contribution in [0.2, 0.25) is 5.02 Å². The van der Waals surface area contributed by atoms with E-state index >= 15 is 0 Å². The molecule has 76 valence electrons. The summed E-state index contributed by atoms with van der Waals surface area (Å²) in [4.78, 5) is 0. The Bertz CT molecular complexity index is 474. The number of rotatable bonds is 3. The van der Waals surface area contributed by atoms with E-state index in [-0.39, 0.29) is 0 Å². The summed E-state index contributed by atoms with van der Waals surface area (Å²) in [6, 6.07) is 18.6. The molecule has 0 aromatic heterocycles. The molecule has 0 atom stereocenters. The zero-order valence-corrected chi connectivity index (χ0v) is 12.0. The molecule has 2 heteroatoms. The fourth-order valence-electron chi connectivity index (χ4n) is 1.55. The van der Waals surface area contributed by atoms with Crippen LogP contribution in [0.5, 0.6) is 0 Å². The van der Waals surface area contributed by atoms with Gasteiger partial charge in [-0.15, -0.1) is 0 Å². The van der Waals surface area contributed by atoms with Gasteiger partial charge in [0.2, 0.25) is 0 Å². The molecule has 0 radical (unpaired) electrons. The number of hydrogen-bond donors (Lipinski definition) is 0. The molecular formula is C14H11ClZr+2. The van der Waals surface area contributed by atoms with Crippen LogP contribution in [0.15, 0.2) is 54.6 Å². The van der Waals surface area contributed by atoms with Crippen LogP contribution < -0.4 is 0 Å². The maximum atomic E-state index is 5.86. The first-order chi connectivity index (χ1) is 7.75. The van der Waals surface area contributed by atoms with Crippen LogP contribution in [0.25, 0.3) is 0 Å². The van der Waals surface area contributed by atoms with Crippen molar-refractivity contribution < 1.29 is 24.2 Å². The summed E-state index contributed by atoms with van der Waals surface area (Å²) < 4.78 is 1.47. The van der Waals surface area contributed by atoms with Crippen LogP contribution in [0.4, 0.5) is 0 Å². The molecule has 0 amide bonds. The normalized spacial score (nSPS) is 10.2. The van der Waals surface area contributed by atoms with E-state index in [0.29, 0.717) is 0 Å². The Morgan fingerprint density at radius 1 is 0.938 bits per heavy atom. The quantitative estimate of drug-likeness (QED) is 0.812. The number of halogens is 1. The van der Waals surface area contributed by atoms with E-state index in [1.54, 1.807) is 0 Å². The first-order valence-electron chi connectivity index (χ1n) is 5.13. The molecule has 2 aromatic rings. The van der Waals surface area contributed by atoms with Gasteiger partial charge in [-0.3, -0.25) is 0 Å². The summed E-state index contributed by atoms with van der Waals surface area (Å²) in [5.74, 6) is 0. The van der Waals surface area contributed by atoms with Gasteiger partial charge in [0.15, 0.2) is 0 Å². The van der Waals surface area contributed by atoms with Crippen LogP contribution >= 0.6 is 11.6 Å². The van der Waals surface area contributed by atoms with Crippen LogP contribution in [-0.2, 0) is 30.7 Å². The fourth-order valence-corrected chi connectivity index (χ4v) is 2.59. The van der Waals surface area contributed by atoms with Crippen LogP contribution in [0.1, 0.15) is 11.1 Å². The summed E-state index contributed by atoms with van der Waals surface area (Å²) in [5.41, 5.74) is 2.66. The Balaban J connectivity index is 2.11. The predicted octanol–water partition coefficient (Wildman–Crippen LogP) is 3.65. The monoisotopic (exact) mass is 304 g/mol. The van der Waals surface area contributed by atoms with Gasteiger partial charge in [-0.2, -0.15) is 0 Å². The molecule has 0 saturated carbocycles. The molecule has 0 aliphatic heterocycles. The Kier molecular flexibility index (Phi) is 4.26. The molecule has 0 spiro atoms. The van der Waals surface area contributed by atoms with Gasteiger partial charge in [0.05, 0.1) is 0 Å². The molecule has 0 fully saturated rings. The molecule has 0 nitrogen and oxygen atoms in total. The van der Waals surface area contributed by atoms with Crippen molar-refractivity contribution in [3.8, 4) is 0 Å². The minimum absolute atomic E-state index is 0.800. The first kappa shape index (κ1) is 12.0. The van der Waals surface area contributed by atoms with Gasteiger partial charge < -0.3 is 0 Å². The van der Waals surface area contributed by atoms with Crippen LogP contribution in [-0.4, -0.2) is 3.21 Å². The van der Waals surface area contributed by atoms with Crippen LogP contribution in [0, 0.1) is 0 Å². The molecule has 0 N–H and O–H groups in total. The first-order valence-corrected chi connectivity index (χ1v) is 6.74. The van der Waals surface area contributed by atoms with E-state index < -0.39 is 0 Å². The molecule has 0 aliphatic rings. The summed E-state index contributed by atoms with van der Waals surface area (Å²) in [6.45, 7) is 0. The molecule has 0 heterocycles. The van der Waals surface area contributed by atoms with E-state index in [4.69, 9.17) is 11.6 Å². The topological polar surface area (TPSA) is 0 Å². The SMILES string of the molecule is Clc1ccc(C[C](=[Zr+2])c2ccccc2)cc1. The van der Waals surface area contributed by atoms with Gasteiger partial charge in [-0.25, -0.2) is 0 Å². The Labute approximate surface area is 116 Å². The average molecular weight is 306 g/mol. The second-order valence-electron chi connectivity index (χ2n) is 3.65. The third-order valence-corrected chi connectivity index (χ3v) is 3.81. The molecule has 0 unspecified atom stereocenters. The molecule has 0 bridgehead atoms. The summed E-state index contributed by atoms with van der Waals surface area (Å²) in [5, 5.41) is 0.800. The van der Waals surface area contributed by atoms with E-state index in [9.17, 15) is 0 Å². The van der Waals surface area contributed by atoms with Crippen molar-refractivity contribution in [3.05, 3.63) is 70.7 Å². The van der Waals surface area contributed by atoms with Crippen molar-refractivity contribution in [1.82, 2.24) is 0 Å². The zero-order valence-electron chi connectivity index (χ0n) is 8.78. The predicted molar refractivity (Wildman–Crippen MR) is 65.7 cm³/mol.